The third-order valence-corrected chi connectivity index (χ3v) is 2.78. The minimum Gasteiger partial charge on any atom is -0.487 e. The van der Waals surface area contributed by atoms with E-state index in [-0.39, 0.29) is 18.7 Å². The number of nitrogens with zero attached hydrogens (tertiary/aromatic N) is 1. The molecule has 0 aromatic heterocycles. The molecule has 1 aliphatic rings. The summed E-state index contributed by atoms with van der Waals surface area (Å²) in [5.74, 6) is 0.178. The van der Waals surface area contributed by atoms with Crippen LogP contribution in [0.25, 0.3) is 0 Å². The van der Waals surface area contributed by atoms with Gasteiger partial charge in [-0.2, -0.15) is 0 Å². The molecule has 0 spiro atoms. The maximum Gasteiger partial charge on any atom is 0.325 e. The summed E-state index contributed by atoms with van der Waals surface area (Å²) < 4.78 is 10.1. The van der Waals surface area contributed by atoms with Crippen molar-refractivity contribution in [3.8, 4) is 5.75 Å². The van der Waals surface area contributed by atoms with Crippen molar-refractivity contribution in [1.29, 1.82) is 0 Å². The van der Waals surface area contributed by atoms with Crippen molar-refractivity contribution >= 4 is 17.7 Å². The second-order valence-electron chi connectivity index (χ2n) is 4.24. The molecule has 19 heavy (non-hydrogen) atoms. The topological polar surface area (TPSA) is 67.9 Å². The molecule has 1 N–H and O–H groups in total. The van der Waals surface area contributed by atoms with Gasteiger partial charge in [0.15, 0.2) is 0 Å². The van der Waals surface area contributed by atoms with Crippen LogP contribution in [0.2, 0.25) is 0 Å². The molecule has 2 amide bonds. The number of anilines is 1. The highest BCUT2D eigenvalue weighted by atomic mass is 16.5. The first kappa shape index (κ1) is 13.2. The molecular formula is C13H16N2O4. The summed E-state index contributed by atoms with van der Waals surface area (Å²) in [6, 6.07) is 6.96. The number of ether oxygens (including phenoxy) is 2. The highest BCUT2D eigenvalue weighted by Crippen LogP contribution is 2.32. The fraction of sp³-hybridized carbons (Fsp3) is 0.385. The predicted octanol–water partition coefficient (Wildman–Crippen LogP) is 1.16. The maximum absolute atomic E-state index is 12.1. The second kappa shape index (κ2) is 5.60. The molecule has 1 aliphatic heterocycles. The van der Waals surface area contributed by atoms with Crippen molar-refractivity contribution in [2.24, 2.45) is 0 Å². The van der Waals surface area contributed by atoms with E-state index in [0.29, 0.717) is 18.0 Å². The lowest BCUT2D eigenvalue weighted by molar-refractivity contribution is -0.139. The van der Waals surface area contributed by atoms with E-state index in [1.54, 1.807) is 11.0 Å². The molecule has 0 aliphatic carbocycles. The third kappa shape index (κ3) is 2.96. The van der Waals surface area contributed by atoms with Crippen molar-refractivity contribution in [2.75, 3.05) is 25.1 Å². The summed E-state index contributed by atoms with van der Waals surface area (Å²) in [6.45, 7) is 2.17. The molecule has 1 heterocycles. The molecule has 1 aromatic rings. The predicted molar refractivity (Wildman–Crippen MR) is 69.3 cm³/mol. The Morgan fingerprint density at radius 3 is 2.95 bits per heavy atom. The number of hydrogen-bond donors (Lipinski definition) is 1. The normalized spacial score (nSPS) is 17.2. The van der Waals surface area contributed by atoms with Crippen LogP contribution in [0.3, 0.4) is 0 Å². The van der Waals surface area contributed by atoms with Gasteiger partial charge in [0.2, 0.25) is 0 Å². The lowest BCUT2D eigenvalue weighted by Crippen LogP contribution is -2.48. The van der Waals surface area contributed by atoms with Crippen molar-refractivity contribution in [1.82, 2.24) is 5.32 Å². The molecule has 102 valence electrons. The molecule has 0 bridgehead atoms. The average Bonchev–Trinajstić information content (AvgIpc) is 2.43. The zero-order valence-corrected chi connectivity index (χ0v) is 10.9. The zero-order valence-electron chi connectivity index (χ0n) is 10.9. The van der Waals surface area contributed by atoms with E-state index in [1.807, 2.05) is 25.1 Å². The standard InChI is InChI=1S/C13H16N2O4/c1-9-8-15(13(17)14-7-12(16)18-2)10-5-3-4-6-11(10)19-9/h3-6,9H,7-8H2,1-2H3,(H,14,17). The Morgan fingerprint density at radius 2 is 2.21 bits per heavy atom. The van der Waals surface area contributed by atoms with Crippen LogP contribution in [0.15, 0.2) is 24.3 Å². The number of carbonyl (C=O) groups excluding carboxylic acids is 2. The van der Waals surface area contributed by atoms with Crippen LogP contribution in [-0.2, 0) is 9.53 Å². The van der Waals surface area contributed by atoms with E-state index in [4.69, 9.17) is 4.74 Å². The Morgan fingerprint density at radius 1 is 1.47 bits per heavy atom. The van der Waals surface area contributed by atoms with Crippen molar-refractivity contribution in [2.45, 2.75) is 13.0 Å². The highest BCUT2D eigenvalue weighted by Gasteiger charge is 2.27. The van der Waals surface area contributed by atoms with Gasteiger partial charge in [0.05, 0.1) is 19.3 Å². The number of fused-ring (bicyclic) bond motifs is 1. The number of carbonyl (C=O) groups is 2. The van der Waals surface area contributed by atoms with Crippen LogP contribution in [0.1, 0.15) is 6.92 Å². The van der Waals surface area contributed by atoms with Gasteiger partial charge < -0.3 is 14.8 Å². The molecule has 6 nitrogen and oxygen atoms in total. The Hall–Kier alpha value is -2.24. The summed E-state index contributed by atoms with van der Waals surface area (Å²) in [5, 5.41) is 2.52. The van der Waals surface area contributed by atoms with Gasteiger partial charge in [-0.15, -0.1) is 0 Å². The summed E-state index contributed by atoms with van der Waals surface area (Å²) in [7, 11) is 1.28. The van der Waals surface area contributed by atoms with Gasteiger partial charge in [0.1, 0.15) is 18.4 Å². The number of para-hydroxylation sites is 2. The van der Waals surface area contributed by atoms with Gasteiger partial charge in [-0.1, -0.05) is 12.1 Å². The Balaban J connectivity index is 2.11. The first-order valence-electron chi connectivity index (χ1n) is 5.99. The van der Waals surface area contributed by atoms with Crippen LogP contribution in [0.5, 0.6) is 5.75 Å². The summed E-state index contributed by atoms with van der Waals surface area (Å²) in [6.07, 6.45) is -0.0984. The van der Waals surface area contributed by atoms with Crippen LogP contribution in [-0.4, -0.2) is 38.3 Å². The minimum absolute atomic E-state index is 0.0984. The third-order valence-electron chi connectivity index (χ3n) is 2.78. The quantitative estimate of drug-likeness (QED) is 0.814. The summed E-state index contributed by atoms with van der Waals surface area (Å²) in [5.41, 5.74) is 0.697. The number of benzene rings is 1. The number of amides is 2. The molecule has 0 saturated heterocycles. The number of urea groups is 1. The molecule has 1 atom stereocenters. The van der Waals surface area contributed by atoms with Crippen LogP contribution in [0, 0.1) is 0 Å². The van der Waals surface area contributed by atoms with E-state index in [9.17, 15) is 9.59 Å². The first-order chi connectivity index (χ1) is 9.11. The van der Waals surface area contributed by atoms with E-state index < -0.39 is 5.97 Å². The van der Waals surface area contributed by atoms with Crippen molar-refractivity contribution in [3.63, 3.8) is 0 Å². The van der Waals surface area contributed by atoms with E-state index in [0.717, 1.165) is 0 Å². The second-order valence-corrected chi connectivity index (χ2v) is 4.24. The zero-order chi connectivity index (χ0) is 13.8. The lowest BCUT2D eigenvalue weighted by atomic mass is 10.2. The number of hydrogen-bond acceptors (Lipinski definition) is 4. The van der Waals surface area contributed by atoms with Crippen LogP contribution >= 0.6 is 0 Å². The monoisotopic (exact) mass is 264 g/mol. The average molecular weight is 264 g/mol. The van der Waals surface area contributed by atoms with E-state index in [2.05, 4.69) is 10.1 Å². The smallest absolute Gasteiger partial charge is 0.325 e. The maximum atomic E-state index is 12.1. The lowest BCUT2D eigenvalue weighted by Gasteiger charge is -2.33. The molecule has 0 fully saturated rings. The number of methoxy groups -OCH3 is 1. The SMILES string of the molecule is COC(=O)CNC(=O)N1CC(C)Oc2ccccc21. The largest absolute Gasteiger partial charge is 0.487 e. The van der Waals surface area contributed by atoms with Gasteiger partial charge >= 0.3 is 12.0 Å². The van der Waals surface area contributed by atoms with Gasteiger partial charge in [-0.3, -0.25) is 9.69 Å². The number of nitrogens with one attached hydrogen (secondary N) is 1. The minimum atomic E-state index is -0.483. The Kier molecular flexibility index (Phi) is 3.89. The summed E-state index contributed by atoms with van der Waals surface area (Å²) >= 11 is 0. The highest BCUT2D eigenvalue weighted by molar-refractivity contribution is 5.95. The van der Waals surface area contributed by atoms with Gasteiger partial charge in [0, 0.05) is 0 Å². The van der Waals surface area contributed by atoms with Crippen molar-refractivity contribution < 1.29 is 19.1 Å². The molecule has 1 aromatic carbocycles. The fourth-order valence-electron chi connectivity index (χ4n) is 1.90. The Bertz CT molecular complexity index is 489. The van der Waals surface area contributed by atoms with Gasteiger partial charge in [-0.05, 0) is 19.1 Å². The molecule has 0 radical (unpaired) electrons. The number of rotatable bonds is 2. The molecule has 0 saturated carbocycles. The molecule has 2 rings (SSSR count). The van der Waals surface area contributed by atoms with E-state index in [1.165, 1.54) is 7.11 Å². The van der Waals surface area contributed by atoms with Gasteiger partial charge in [-0.25, -0.2) is 4.79 Å². The van der Waals surface area contributed by atoms with Crippen LogP contribution in [0.4, 0.5) is 10.5 Å². The first-order valence-corrected chi connectivity index (χ1v) is 5.99. The fourth-order valence-corrected chi connectivity index (χ4v) is 1.90. The van der Waals surface area contributed by atoms with E-state index >= 15 is 0 Å². The summed E-state index contributed by atoms with van der Waals surface area (Å²) in [4.78, 5) is 24.7. The van der Waals surface area contributed by atoms with Crippen LogP contribution < -0.4 is 15.0 Å². The number of esters is 1. The van der Waals surface area contributed by atoms with Gasteiger partial charge in [0.25, 0.3) is 0 Å². The molecule has 6 heteroatoms. The molecule has 1 unspecified atom stereocenters. The Labute approximate surface area is 111 Å². The van der Waals surface area contributed by atoms with Crippen molar-refractivity contribution in [3.05, 3.63) is 24.3 Å². The molecular weight excluding hydrogens is 248 g/mol.